The average Bonchev–Trinajstić information content (AvgIpc) is 2.78. The lowest BCUT2D eigenvalue weighted by Gasteiger charge is -2.57. The van der Waals surface area contributed by atoms with E-state index in [4.69, 9.17) is 18.0 Å². The van der Waals surface area contributed by atoms with Gasteiger partial charge in [0.1, 0.15) is 0 Å². The molecule has 2 nitrogen and oxygen atoms in total. The summed E-state index contributed by atoms with van der Waals surface area (Å²) in [5, 5.41) is 3.29. The van der Waals surface area contributed by atoms with Crippen LogP contribution >= 0.6 is 12.2 Å². The fourth-order valence-electron chi connectivity index (χ4n) is 6.87. The smallest absolute Gasteiger partial charge is 0.0811 e. The van der Waals surface area contributed by atoms with Crippen LogP contribution in [0, 0.1) is 29.1 Å². The van der Waals surface area contributed by atoms with Gasteiger partial charge in [-0.25, -0.2) is 0 Å². The van der Waals surface area contributed by atoms with Gasteiger partial charge in [-0.1, -0.05) is 82.6 Å². The summed E-state index contributed by atoms with van der Waals surface area (Å²) in [6, 6.07) is 11.2. The minimum Gasteiger partial charge on any atom is -0.382 e. The van der Waals surface area contributed by atoms with Gasteiger partial charge in [-0.05, 0) is 79.7 Å². The third-order valence-corrected chi connectivity index (χ3v) is 9.36. The van der Waals surface area contributed by atoms with Crippen molar-refractivity contribution in [2.45, 2.75) is 84.0 Å². The van der Waals surface area contributed by atoms with Gasteiger partial charge in [0, 0.05) is 12.5 Å². The first-order chi connectivity index (χ1) is 14.3. The van der Waals surface area contributed by atoms with Crippen molar-refractivity contribution in [3.8, 4) is 0 Å². The van der Waals surface area contributed by atoms with Crippen LogP contribution in [0.1, 0.15) is 84.1 Å². The molecule has 5 atom stereocenters. The predicted octanol–water partition coefficient (Wildman–Crippen LogP) is 6.48. The standard InChI is InChI=1S/C20H29NS.C7H15N/c1-14-10-20(17-8-6-5-7-9-17)12-16(15(14)2)11-19(3,13-20)18(22)21-4;8-6-7-4-2-1-3-5-7/h5-9,14-16H,10-13H2,1-4H3,(H,21,22);7H,1-6,8H2. The fourth-order valence-corrected chi connectivity index (χ4v) is 7.02. The van der Waals surface area contributed by atoms with Crippen LogP contribution in [0.2, 0.25) is 0 Å². The highest BCUT2D eigenvalue weighted by Gasteiger charge is 2.53. The Balaban J connectivity index is 0.000000269. The van der Waals surface area contributed by atoms with Crippen molar-refractivity contribution in [1.29, 1.82) is 0 Å². The maximum atomic E-state index is 5.72. The Labute approximate surface area is 190 Å². The molecule has 1 aromatic carbocycles. The van der Waals surface area contributed by atoms with Crippen molar-refractivity contribution in [1.82, 2.24) is 5.32 Å². The highest BCUT2D eigenvalue weighted by atomic mass is 32.1. The van der Waals surface area contributed by atoms with Crippen LogP contribution in [0.5, 0.6) is 0 Å². The second-order valence-corrected chi connectivity index (χ2v) is 11.3. The van der Waals surface area contributed by atoms with Gasteiger partial charge < -0.3 is 11.1 Å². The molecule has 5 unspecified atom stereocenters. The maximum Gasteiger partial charge on any atom is 0.0811 e. The van der Waals surface area contributed by atoms with Gasteiger partial charge in [0.05, 0.1) is 4.99 Å². The predicted molar refractivity (Wildman–Crippen MR) is 134 cm³/mol. The molecule has 0 spiro atoms. The highest BCUT2D eigenvalue weighted by molar-refractivity contribution is 7.80. The van der Waals surface area contributed by atoms with Crippen LogP contribution in [-0.2, 0) is 5.41 Å². The molecule has 3 heteroatoms. The van der Waals surface area contributed by atoms with Crippen LogP contribution in [0.15, 0.2) is 30.3 Å². The zero-order valence-electron chi connectivity index (χ0n) is 19.8. The Bertz CT molecular complexity index is 679. The van der Waals surface area contributed by atoms with E-state index in [-0.39, 0.29) is 5.41 Å². The van der Waals surface area contributed by atoms with Crippen molar-refractivity contribution < 1.29 is 0 Å². The van der Waals surface area contributed by atoms with Gasteiger partial charge in [-0.2, -0.15) is 0 Å². The summed E-state index contributed by atoms with van der Waals surface area (Å²) in [5.74, 6) is 3.25. The van der Waals surface area contributed by atoms with E-state index in [2.05, 4.69) is 56.4 Å². The molecular formula is C27H44N2S. The summed E-state index contributed by atoms with van der Waals surface area (Å²) in [5.41, 5.74) is 7.48. The van der Waals surface area contributed by atoms with E-state index in [9.17, 15) is 0 Å². The monoisotopic (exact) mass is 428 g/mol. The Hall–Kier alpha value is -0.930. The molecule has 168 valence electrons. The third-order valence-electron chi connectivity index (χ3n) is 8.67. The summed E-state index contributed by atoms with van der Waals surface area (Å²) in [6.45, 7) is 8.21. The van der Waals surface area contributed by atoms with Gasteiger partial charge in [0.15, 0.2) is 0 Å². The first-order valence-electron chi connectivity index (χ1n) is 12.3. The number of hydrogen-bond donors (Lipinski definition) is 2. The van der Waals surface area contributed by atoms with Gasteiger partial charge in [-0.15, -0.1) is 0 Å². The van der Waals surface area contributed by atoms with Gasteiger partial charge >= 0.3 is 0 Å². The van der Waals surface area contributed by atoms with E-state index in [1.165, 1.54) is 63.4 Å². The lowest BCUT2D eigenvalue weighted by molar-refractivity contribution is 0.0115. The topological polar surface area (TPSA) is 38.0 Å². The Kier molecular flexibility index (Phi) is 8.01. The Morgan fingerprint density at radius 3 is 2.30 bits per heavy atom. The summed E-state index contributed by atoms with van der Waals surface area (Å²) in [7, 11) is 1.99. The van der Waals surface area contributed by atoms with E-state index >= 15 is 0 Å². The molecular weight excluding hydrogens is 384 g/mol. The summed E-state index contributed by atoms with van der Waals surface area (Å²) in [6.07, 6.45) is 12.1. The second kappa shape index (κ2) is 10.1. The summed E-state index contributed by atoms with van der Waals surface area (Å²) in [4.78, 5) is 1.05. The number of benzene rings is 1. The lowest BCUT2D eigenvalue weighted by Crippen LogP contribution is -2.53. The van der Waals surface area contributed by atoms with Crippen molar-refractivity contribution in [3.05, 3.63) is 35.9 Å². The second-order valence-electron chi connectivity index (χ2n) is 10.9. The molecule has 0 saturated heterocycles. The molecule has 0 aliphatic heterocycles. The molecule has 3 fully saturated rings. The van der Waals surface area contributed by atoms with Gasteiger partial charge in [-0.3, -0.25) is 0 Å². The third kappa shape index (κ3) is 5.10. The molecule has 0 heterocycles. The fraction of sp³-hybridized carbons (Fsp3) is 0.741. The Morgan fingerprint density at radius 1 is 1.07 bits per heavy atom. The number of thiocarbonyl (C=S) groups is 1. The zero-order valence-corrected chi connectivity index (χ0v) is 20.6. The van der Waals surface area contributed by atoms with Crippen LogP contribution in [-0.4, -0.2) is 18.6 Å². The molecule has 1 aromatic rings. The molecule has 0 amide bonds. The van der Waals surface area contributed by atoms with Crippen LogP contribution in [0.3, 0.4) is 0 Å². The Morgan fingerprint density at radius 2 is 1.73 bits per heavy atom. The number of rotatable bonds is 3. The molecule has 30 heavy (non-hydrogen) atoms. The van der Waals surface area contributed by atoms with Gasteiger partial charge in [0.25, 0.3) is 0 Å². The van der Waals surface area contributed by atoms with E-state index in [0.29, 0.717) is 5.41 Å². The summed E-state index contributed by atoms with van der Waals surface area (Å²) < 4.78 is 0. The first kappa shape index (κ1) is 23.7. The maximum absolute atomic E-state index is 5.72. The highest BCUT2D eigenvalue weighted by Crippen LogP contribution is 2.59. The molecule has 3 aliphatic rings. The molecule has 3 saturated carbocycles. The molecule has 3 N–H and O–H groups in total. The van der Waals surface area contributed by atoms with Crippen molar-refractivity contribution >= 4 is 17.2 Å². The zero-order chi connectivity index (χ0) is 21.8. The van der Waals surface area contributed by atoms with E-state index in [0.717, 1.165) is 35.2 Å². The lowest BCUT2D eigenvalue weighted by atomic mass is 9.48. The summed E-state index contributed by atoms with van der Waals surface area (Å²) >= 11 is 5.72. The first-order valence-corrected chi connectivity index (χ1v) is 12.7. The SMILES string of the molecule is CNC(=S)C1(C)CC2CC(c3ccccc3)(CC(C)C2C)C1.NCC1CCCCC1. The minimum absolute atomic E-state index is 0.136. The van der Waals surface area contributed by atoms with E-state index in [1.807, 2.05) is 7.05 Å². The van der Waals surface area contributed by atoms with E-state index < -0.39 is 0 Å². The quantitative estimate of drug-likeness (QED) is 0.541. The minimum atomic E-state index is 0.136. The average molecular weight is 429 g/mol. The molecule has 2 bridgehead atoms. The van der Waals surface area contributed by atoms with E-state index in [1.54, 1.807) is 0 Å². The molecule has 0 radical (unpaired) electrons. The van der Waals surface area contributed by atoms with Crippen molar-refractivity contribution in [2.24, 2.45) is 34.8 Å². The van der Waals surface area contributed by atoms with Crippen molar-refractivity contribution in [3.63, 3.8) is 0 Å². The number of hydrogen-bond acceptors (Lipinski definition) is 2. The van der Waals surface area contributed by atoms with Crippen molar-refractivity contribution in [2.75, 3.05) is 13.6 Å². The molecule has 4 rings (SSSR count). The van der Waals surface area contributed by atoms with Crippen LogP contribution < -0.4 is 11.1 Å². The van der Waals surface area contributed by atoms with Gasteiger partial charge in [0.2, 0.25) is 0 Å². The number of nitrogens with two attached hydrogens (primary N) is 1. The van der Waals surface area contributed by atoms with Crippen LogP contribution in [0.25, 0.3) is 0 Å². The number of nitrogens with one attached hydrogen (secondary N) is 1. The van der Waals surface area contributed by atoms with Crippen LogP contribution in [0.4, 0.5) is 0 Å². The normalized spacial score (nSPS) is 36.4. The largest absolute Gasteiger partial charge is 0.382 e. The molecule has 0 aromatic heterocycles. The number of fused-ring (bicyclic) bond motifs is 2. The molecule has 3 aliphatic carbocycles.